The van der Waals surface area contributed by atoms with Crippen molar-refractivity contribution in [2.75, 3.05) is 5.32 Å². The lowest BCUT2D eigenvalue weighted by Crippen LogP contribution is -2.30. The number of aromatic nitrogens is 2. The maximum Gasteiger partial charge on any atom is 0.266 e. The molecule has 1 aromatic heterocycles. The van der Waals surface area contributed by atoms with Gasteiger partial charge in [0.15, 0.2) is 6.10 Å². The van der Waals surface area contributed by atoms with Crippen molar-refractivity contribution in [1.29, 1.82) is 0 Å². The number of benzene rings is 1. The molecule has 1 atom stereocenters. The SMILES string of the molecule is CCC(C)(C)c1nnc(NC(=O)C(C)Oc2ccccc2)s1. The molecule has 0 aliphatic carbocycles. The number of nitrogens with zero attached hydrogens (tertiary/aromatic N) is 2. The van der Waals surface area contributed by atoms with Gasteiger partial charge < -0.3 is 4.74 Å². The van der Waals surface area contributed by atoms with Gasteiger partial charge in [-0.3, -0.25) is 10.1 Å². The molecule has 118 valence electrons. The molecular weight excluding hydrogens is 298 g/mol. The second-order valence-corrected chi connectivity index (χ2v) is 6.69. The van der Waals surface area contributed by atoms with Crippen molar-refractivity contribution in [3.63, 3.8) is 0 Å². The van der Waals surface area contributed by atoms with Crippen LogP contribution in [0.1, 0.15) is 39.1 Å². The van der Waals surface area contributed by atoms with Gasteiger partial charge in [0.2, 0.25) is 5.13 Å². The van der Waals surface area contributed by atoms with Crippen LogP contribution in [0.3, 0.4) is 0 Å². The van der Waals surface area contributed by atoms with Crippen LogP contribution >= 0.6 is 11.3 Å². The third-order valence-electron chi connectivity index (χ3n) is 3.54. The van der Waals surface area contributed by atoms with Crippen LogP contribution in [0.15, 0.2) is 30.3 Å². The molecule has 5 nitrogen and oxygen atoms in total. The predicted octanol–water partition coefficient (Wildman–Crippen LogP) is 3.63. The maximum absolute atomic E-state index is 12.1. The highest BCUT2D eigenvalue weighted by atomic mass is 32.1. The topological polar surface area (TPSA) is 64.1 Å². The van der Waals surface area contributed by atoms with Crippen LogP contribution in [0.25, 0.3) is 0 Å². The number of hydrogen-bond donors (Lipinski definition) is 1. The monoisotopic (exact) mass is 319 g/mol. The number of anilines is 1. The molecule has 2 aromatic rings. The van der Waals surface area contributed by atoms with Gasteiger partial charge in [0.1, 0.15) is 10.8 Å². The summed E-state index contributed by atoms with van der Waals surface area (Å²) in [4.78, 5) is 12.1. The van der Waals surface area contributed by atoms with Crippen molar-refractivity contribution in [2.45, 2.75) is 45.6 Å². The molecule has 22 heavy (non-hydrogen) atoms. The van der Waals surface area contributed by atoms with Gasteiger partial charge in [-0.05, 0) is 25.5 Å². The Labute approximate surface area is 134 Å². The molecule has 0 spiro atoms. The lowest BCUT2D eigenvalue weighted by atomic mass is 9.91. The highest BCUT2D eigenvalue weighted by molar-refractivity contribution is 7.15. The smallest absolute Gasteiger partial charge is 0.266 e. The summed E-state index contributed by atoms with van der Waals surface area (Å²) in [5.41, 5.74) is -0.0349. The van der Waals surface area contributed by atoms with E-state index in [2.05, 4.69) is 36.3 Å². The number of para-hydroxylation sites is 1. The highest BCUT2D eigenvalue weighted by Crippen LogP contribution is 2.31. The largest absolute Gasteiger partial charge is 0.481 e. The normalized spacial score (nSPS) is 12.7. The zero-order valence-electron chi connectivity index (χ0n) is 13.3. The van der Waals surface area contributed by atoms with Crippen LogP contribution in [0.4, 0.5) is 5.13 Å². The molecule has 0 radical (unpaired) electrons. The molecule has 1 heterocycles. The minimum atomic E-state index is -0.603. The van der Waals surface area contributed by atoms with Gasteiger partial charge in [-0.1, -0.05) is 50.3 Å². The van der Waals surface area contributed by atoms with Crippen LogP contribution < -0.4 is 10.1 Å². The van der Waals surface area contributed by atoms with Gasteiger partial charge >= 0.3 is 0 Å². The highest BCUT2D eigenvalue weighted by Gasteiger charge is 2.24. The van der Waals surface area contributed by atoms with E-state index in [1.54, 1.807) is 6.92 Å². The van der Waals surface area contributed by atoms with Crippen LogP contribution in [0.5, 0.6) is 5.75 Å². The Morgan fingerprint density at radius 3 is 2.64 bits per heavy atom. The summed E-state index contributed by atoms with van der Waals surface area (Å²) in [5, 5.41) is 12.4. The van der Waals surface area contributed by atoms with Crippen molar-refractivity contribution < 1.29 is 9.53 Å². The van der Waals surface area contributed by atoms with Crippen LogP contribution in [-0.4, -0.2) is 22.2 Å². The van der Waals surface area contributed by atoms with E-state index in [1.165, 1.54) is 11.3 Å². The summed E-state index contributed by atoms with van der Waals surface area (Å²) in [5.74, 6) is 0.427. The molecule has 1 aromatic carbocycles. The van der Waals surface area contributed by atoms with E-state index in [0.717, 1.165) is 11.4 Å². The van der Waals surface area contributed by atoms with E-state index in [1.807, 2.05) is 30.3 Å². The van der Waals surface area contributed by atoms with Crippen molar-refractivity contribution in [2.24, 2.45) is 0 Å². The van der Waals surface area contributed by atoms with Gasteiger partial charge in [-0.15, -0.1) is 10.2 Å². The molecule has 1 unspecified atom stereocenters. The summed E-state index contributed by atoms with van der Waals surface area (Å²) in [7, 11) is 0. The molecule has 0 saturated heterocycles. The molecule has 0 saturated carbocycles. The first kappa shape index (κ1) is 16.4. The summed E-state index contributed by atoms with van der Waals surface area (Å²) in [6.07, 6.45) is 0.359. The Kier molecular flexibility index (Phi) is 5.13. The van der Waals surface area contributed by atoms with Gasteiger partial charge in [-0.2, -0.15) is 0 Å². The maximum atomic E-state index is 12.1. The summed E-state index contributed by atoms with van der Waals surface area (Å²) < 4.78 is 5.59. The number of carbonyl (C=O) groups is 1. The van der Waals surface area contributed by atoms with Crippen LogP contribution in [0.2, 0.25) is 0 Å². The van der Waals surface area contributed by atoms with Gasteiger partial charge in [0, 0.05) is 5.41 Å². The lowest BCUT2D eigenvalue weighted by Gasteiger charge is -2.17. The van der Waals surface area contributed by atoms with Crippen LogP contribution in [0, 0.1) is 0 Å². The van der Waals surface area contributed by atoms with E-state index in [-0.39, 0.29) is 11.3 Å². The Morgan fingerprint density at radius 1 is 1.32 bits per heavy atom. The van der Waals surface area contributed by atoms with E-state index in [4.69, 9.17) is 4.74 Å². The zero-order chi connectivity index (χ0) is 16.2. The number of rotatable bonds is 6. The average molecular weight is 319 g/mol. The third kappa shape index (κ3) is 4.04. The van der Waals surface area contributed by atoms with Crippen LogP contribution in [-0.2, 0) is 10.2 Å². The first-order valence-corrected chi connectivity index (χ1v) is 8.10. The summed E-state index contributed by atoms with van der Waals surface area (Å²) >= 11 is 1.41. The van der Waals surface area contributed by atoms with Crippen molar-refractivity contribution in [1.82, 2.24) is 10.2 Å². The Bertz CT molecular complexity index is 625. The van der Waals surface area contributed by atoms with E-state index in [9.17, 15) is 4.79 Å². The first-order valence-electron chi connectivity index (χ1n) is 7.29. The number of carbonyl (C=O) groups excluding carboxylic acids is 1. The molecule has 0 bridgehead atoms. The summed E-state index contributed by atoms with van der Waals surface area (Å²) in [6, 6.07) is 9.26. The fourth-order valence-corrected chi connectivity index (χ4v) is 2.58. The fraction of sp³-hybridized carbons (Fsp3) is 0.438. The molecule has 1 amide bonds. The minimum absolute atomic E-state index is 0.0349. The Balaban J connectivity index is 1.97. The Morgan fingerprint density at radius 2 is 2.00 bits per heavy atom. The molecule has 1 N–H and O–H groups in total. The average Bonchev–Trinajstić information content (AvgIpc) is 2.97. The zero-order valence-corrected chi connectivity index (χ0v) is 14.1. The molecular formula is C16H21N3O2S. The first-order chi connectivity index (χ1) is 10.4. The van der Waals surface area contributed by atoms with Gasteiger partial charge in [-0.25, -0.2) is 0 Å². The standard InChI is InChI=1S/C16H21N3O2S/c1-5-16(3,4)14-18-19-15(22-14)17-13(20)11(2)21-12-9-7-6-8-10-12/h6-11H,5H2,1-4H3,(H,17,19,20). The minimum Gasteiger partial charge on any atom is -0.481 e. The second-order valence-electron chi connectivity index (χ2n) is 5.71. The molecule has 6 heteroatoms. The molecule has 0 aliphatic heterocycles. The summed E-state index contributed by atoms with van der Waals surface area (Å²) in [6.45, 7) is 8.04. The number of ether oxygens (including phenoxy) is 1. The molecule has 2 rings (SSSR count). The van der Waals surface area contributed by atoms with E-state index in [0.29, 0.717) is 10.9 Å². The third-order valence-corrected chi connectivity index (χ3v) is 4.75. The lowest BCUT2D eigenvalue weighted by molar-refractivity contribution is -0.122. The van der Waals surface area contributed by atoms with E-state index >= 15 is 0 Å². The molecule has 0 fully saturated rings. The number of hydrogen-bond acceptors (Lipinski definition) is 5. The Hall–Kier alpha value is -1.95. The van der Waals surface area contributed by atoms with E-state index < -0.39 is 6.10 Å². The number of nitrogens with one attached hydrogen (secondary N) is 1. The molecule has 0 aliphatic rings. The van der Waals surface area contributed by atoms with Crippen molar-refractivity contribution in [3.8, 4) is 5.75 Å². The van der Waals surface area contributed by atoms with Crippen molar-refractivity contribution in [3.05, 3.63) is 35.3 Å². The fourth-order valence-electron chi connectivity index (χ4n) is 1.66. The number of amides is 1. The van der Waals surface area contributed by atoms with Gasteiger partial charge in [0.05, 0.1) is 0 Å². The quantitative estimate of drug-likeness (QED) is 0.883. The van der Waals surface area contributed by atoms with Gasteiger partial charge in [0.25, 0.3) is 5.91 Å². The predicted molar refractivity (Wildman–Crippen MR) is 88.4 cm³/mol. The second kappa shape index (κ2) is 6.87. The van der Waals surface area contributed by atoms with Crippen molar-refractivity contribution >= 4 is 22.4 Å².